The van der Waals surface area contributed by atoms with Gasteiger partial charge in [0.15, 0.2) is 11.5 Å². The minimum atomic E-state index is -4.34. The van der Waals surface area contributed by atoms with Gasteiger partial charge >= 0.3 is 0 Å². The number of carbonyl (C=O) groups excluding carboxylic acids is 2. The van der Waals surface area contributed by atoms with Crippen LogP contribution < -0.4 is 19.1 Å². The highest BCUT2D eigenvalue weighted by Crippen LogP contribution is 2.34. The first-order valence-corrected chi connectivity index (χ1v) is 17.0. The Morgan fingerprint density at radius 3 is 2.31 bits per heavy atom. The number of rotatable bonds is 12. The Morgan fingerprint density at radius 1 is 0.933 bits per heavy atom. The number of fused-ring (bicyclic) bond motifs is 1. The molecule has 240 valence electrons. The molecule has 1 aliphatic carbocycles. The molecule has 1 N–H and O–H groups in total. The average molecular weight is 638 g/mol. The van der Waals surface area contributed by atoms with Crippen LogP contribution in [0.1, 0.15) is 51.0 Å². The van der Waals surface area contributed by atoms with Crippen molar-refractivity contribution in [3.05, 3.63) is 84.2 Å². The minimum Gasteiger partial charge on any atom is -0.486 e. The number of benzene rings is 3. The first kappa shape index (κ1) is 32.3. The summed E-state index contributed by atoms with van der Waals surface area (Å²) in [7, 11) is -4.34. The van der Waals surface area contributed by atoms with Gasteiger partial charge in [0, 0.05) is 18.7 Å². The van der Waals surface area contributed by atoms with Crippen molar-refractivity contribution >= 4 is 27.5 Å². The monoisotopic (exact) mass is 637 g/mol. The summed E-state index contributed by atoms with van der Waals surface area (Å²) in [5.41, 5.74) is 1.10. The minimum absolute atomic E-state index is 0.0534. The molecule has 0 radical (unpaired) electrons. The lowest BCUT2D eigenvalue weighted by Crippen LogP contribution is -2.54. The molecule has 1 unspecified atom stereocenters. The van der Waals surface area contributed by atoms with Crippen LogP contribution in [0.2, 0.25) is 0 Å². The summed E-state index contributed by atoms with van der Waals surface area (Å²) >= 11 is 0. The number of ether oxygens (including phenoxy) is 2. The van der Waals surface area contributed by atoms with Crippen LogP contribution in [0.25, 0.3) is 0 Å². The molecule has 45 heavy (non-hydrogen) atoms. The van der Waals surface area contributed by atoms with Gasteiger partial charge in [-0.15, -0.1) is 0 Å². The highest BCUT2D eigenvalue weighted by Gasteiger charge is 2.34. The molecule has 1 saturated carbocycles. The van der Waals surface area contributed by atoms with Gasteiger partial charge < -0.3 is 19.7 Å². The van der Waals surface area contributed by atoms with Gasteiger partial charge in [0.1, 0.15) is 31.6 Å². The van der Waals surface area contributed by atoms with E-state index in [9.17, 15) is 22.4 Å². The van der Waals surface area contributed by atoms with Crippen LogP contribution in [0.5, 0.6) is 11.5 Å². The fraction of sp³-hybridized carbons (Fsp3) is 0.412. The Labute approximate surface area is 264 Å². The third-order valence-electron chi connectivity index (χ3n) is 8.32. The van der Waals surface area contributed by atoms with Crippen LogP contribution >= 0.6 is 0 Å². The summed E-state index contributed by atoms with van der Waals surface area (Å²) in [5.74, 6) is -0.624. The summed E-state index contributed by atoms with van der Waals surface area (Å²) in [5, 5.41) is 3.15. The molecule has 2 amide bonds. The summed E-state index contributed by atoms with van der Waals surface area (Å²) in [6, 6.07) is 18.1. The number of anilines is 1. The fourth-order valence-electron chi connectivity index (χ4n) is 5.89. The smallest absolute Gasteiger partial charge is 0.264 e. The second-order valence-corrected chi connectivity index (χ2v) is 13.2. The Hall–Kier alpha value is -4.12. The lowest BCUT2D eigenvalue weighted by atomic mass is 9.95. The highest BCUT2D eigenvalue weighted by molar-refractivity contribution is 7.92. The predicted octanol–water partition coefficient (Wildman–Crippen LogP) is 5.09. The van der Waals surface area contributed by atoms with E-state index in [1.807, 2.05) is 37.3 Å². The first-order valence-electron chi connectivity index (χ1n) is 15.6. The van der Waals surface area contributed by atoms with Crippen molar-refractivity contribution in [2.45, 2.75) is 68.8 Å². The van der Waals surface area contributed by atoms with Gasteiger partial charge in [-0.25, -0.2) is 12.8 Å². The molecule has 0 saturated heterocycles. The van der Waals surface area contributed by atoms with Crippen LogP contribution in [0.4, 0.5) is 10.1 Å². The summed E-state index contributed by atoms with van der Waals surface area (Å²) in [6.07, 6.45) is 5.85. The van der Waals surface area contributed by atoms with Crippen LogP contribution in [0, 0.1) is 5.82 Å². The van der Waals surface area contributed by atoms with Gasteiger partial charge in [-0.05, 0) is 67.6 Å². The van der Waals surface area contributed by atoms with E-state index in [0.717, 1.165) is 54.1 Å². The molecule has 0 bridgehead atoms. The van der Waals surface area contributed by atoms with Crippen LogP contribution in [0.15, 0.2) is 77.7 Å². The zero-order valence-electron chi connectivity index (χ0n) is 25.5. The van der Waals surface area contributed by atoms with E-state index >= 15 is 0 Å². The first-order chi connectivity index (χ1) is 21.8. The van der Waals surface area contributed by atoms with Crippen molar-refractivity contribution in [2.24, 2.45) is 0 Å². The van der Waals surface area contributed by atoms with Crippen LogP contribution in [-0.4, -0.2) is 63.5 Å². The molecule has 9 nitrogen and oxygen atoms in total. The standard InChI is InChI=1S/C34H40FN3O6S/c1-2-30(34(40)36-27-11-7-4-8-12-27)37(20-19-25-9-5-3-6-10-25)33(39)24-38(28-15-13-26(35)14-16-28)45(41,42)29-17-18-31-32(23-29)44-22-21-43-31/h3,5-6,9-10,13-18,23,27,30H,2,4,7-8,11-12,19-22,24H2,1H3,(H,36,40). The largest absolute Gasteiger partial charge is 0.486 e. The van der Waals surface area contributed by atoms with E-state index < -0.39 is 34.3 Å². The Balaban J connectivity index is 1.46. The van der Waals surface area contributed by atoms with E-state index in [1.165, 1.54) is 35.2 Å². The number of hydrogen-bond donors (Lipinski definition) is 1. The summed E-state index contributed by atoms with van der Waals surface area (Å²) in [6.45, 7) is 2.08. The lowest BCUT2D eigenvalue weighted by Gasteiger charge is -2.34. The molecule has 1 fully saturated rings. The van der Waals surface area contributed by atoms with Crippen molar-refractivity contribution in [2.75, 3.05) is 30.6 Å². The van der Waals surface area contributed by atoms with Crippen molar-refractivity contribution in [3.8, 4) is 11.5 Å². The molecule has 0 aromatic heterocycles. The third-order valence-corrected chi connectivity index (χ3v) is 10.1. The van der Waals surface area contributed by atoms with Crippen molar-refractivity contribution in [1.82, 2.24) is 10.2 Å². The van der Waals surface area contributed by atoms with E-state index in [-0.39, 0.29) is 41.4 Å². The molecule has 1 aliphatic heterocycles. The van der Waals surface area contributed by atoms with Gasteiger partial charge in [0.25, 0.3) is 10.0 Å². The van der Waals surface area contributed by atoms with Gasteiger partial charge in [-0.1, -0.05) is 56.5 Å². The summed E-state index contributed by atoms with van der Waals surface area (Å²) in [4.78, 5) is 29.3. The van der Waals surface area contributed by atoms with E-state index in [1.54, 1.807) is 0 Å². The highest BCUT2D eigenvalue weighted by atomic mass is 32.2. The molecule has 0 spiro atoms. The molecule has 3 aromatic carbocycles. The van der Waals surface area contributed by atoms with Crippen LogP contribution in [-0.2, 0) is 26.0 Å². The maximum atomic E-state index is 14.2. The Kier molecular flexibility index (Phi) is 10.6. The Morgan fingerprint density at radius 2 is 1.62 bits per heavy atom. The number of nitrogens with zero attached hydrogens (tertiary/aromatic N) is 2. The van der Waals surface area contributed by atoms with Gasteiger partial charge in [-0.2, -0.15) is 0 Å². The SMILES string of the molecule is CCC(C(=O)NC1CCCCC1)N(CCc1ccccc1)C(=O)CN(c1ccc(F)cc1)S(=O)(=O)c1ccc2c(c1)OCCO2. The van der Waals surface area contributed by atoms with E-state index in [0.29, 0.717) is 25.2 Å². The van der Waals surface area contributed by atoms with E-state index in [2.05, 4.69) is 5.32 Å². The normalized spacial score (nSPS) is 15.6. The number of nitrogens with one attached hydrogen (secondary N) is 1. The fourth-order valence-corrected chi connectivity index (χ4v) is 7.32. The average Bonchev–Trinajstić information content (AvgIpc) is 3.06. The topological polar surface area (TPSA) is 105 Å². The van der Waals surface area contributed by atoms with Gasteiger partial charge in [0.05, 0.1) is 10.6 Å². The second kappa shape index (κ2) is 14.8. The zero-order valence-corrected chi connectivity index (χ0v) is 26.3. The number of sulfonamides is 1. The van der Waals surface area contributed by atoms with Gasteiger partial charge in [0.2, 0.25) is 11.8 Å². The molecular weight excluding hydrogens is 597 g/mol. The maximum Gasteiger partial charge on any atom is 0.264 e. The molecule has 2 aliphatic rings. The Bertz CT molecular complexity index is 1560. The van der Waals surface area contributed by atoms with Crippen LogP contribution in [0.3, 0.4) is 0 Å². The third kappa shape index (κ3) is 7.94. The number of halogens is 1. The molecule has 11 heteroatoms. The molecule has 5 rings (SSSR count). The molecular formula is C34H40FN3O6S. The van der Waals surface area contributed by atoms with E-state index in [4.69, 9.17) is 9.47 Å². The molecule has 1 heterocycles. The van der Waals surface area contributed by atoms with Gasteiger partial charge in [-0.3, -0.25) is 13.9 Å². The molecule has 3 aromatic rings. The van der Waals surface area contributed by atoms with Crippen molar-refractivity contribution in [1.29, 1.82) is 0 Å². The number of hydrogen-bond acceptors (Lipinski definition) is 6. The zero-order chi connectivity index (χ0) is 31.8. The summed E-state index contributed by atoms with van der Waals surface area (Å²) < 4.78 is 54.4. The predicted molar refractivity (Wildman–Crippen MR) is 169 cm³/mol. The quantitative estimate of drug-likeness (QED) is 0.297. The molecule has 1 atom stereocenters. The number of carbonyl (C=O) groups is 2. The van der Waals surface area contributed by atoms with Crippen molar-refractivity contribution < 1.29 is 31.9 Å². The second-order valence-electron chi connectivity index (χ2n) is 11.4. The van der Waals surface area contributed by atoms with Crippen molar-refractivity contribution in [3.63, 3.8) is 0 Å². The maximum absolute atomic E-state index is 14.2. The lowest BCUT2D eigenvalue weighted by molar-refractivity contribution is -0.140. The number of amides is 2.